The molecule has 1 spiro atoms. The van der Waals surface area contributed by atoms with E-state index in [0.717, 1.165) is 16.7 Å². The fourth-order valence-corrected chi connectivity index (χ4v) is 8.93. The van der Waals surface area contributed by atoms with Gasteiger partial charge in [0.1, 0.15) is 0 Å². The Morgan fingerprint density at radius 2 is 0.837 bits per heavy atom. The molecule has 0 unspecified atom stereocenters. The van der Waals surface area contributed by atoms with Crippen molar-refractivity contribution in [3.63, 3.8) is 0 Å². The van der Waals surface area contributed by atoms with Crippen molar-refractivity contribution >= 4 is 0 Å². The van der Waals surface area contributed by atoms with Gasteiger partial charge in [0.15, 0.2) is 17.5 Å². The second-order valence-corrected chi connectivity index (χ2v) is 13.8. The summed E-state index contributed by atoms with van der Waals surface area (Å²) in [4.78, 5) is 15.3. The minimum Gasteiger partial charge on any atom is -0.208 e. The zero-order valence-corrected chi connectivity index (χ0v) is 27.3. The van der Waals surface area contributed by atoms with Crippen LogP contribution in [-0.2, 0) is 5.41 Å². The standard InChI is InChI=1S/C46H35N3/c1-3-13-30(14-4-1)31-23-25-33(26-24-31)44-47-43(32-15-5-2-6-16-32)48-45(49-44)34-27-28-42-38(29-34)37-19-9-12-22-41(37)46(42)39-20-10-7-17-35(39)36-18-8-11-21-40(36)46/h2,5-12,15-30H,1,3-4,13-14H2. The molecule has 1 saturated carbocycles. The SMILES string of the molecule is c1ccc(-c2nc(-c3ccc(C4CCCCC4)cc3)nc(-c3ccc4c(c3)-c3ccccc3C43c4ccccc4-c4ccccc43)n2)cc1. The van der Waals surface area contributed by atoms with Gasteiger partial charge < -0.3 is 0 Å². The first-order valence-corrected chi connectivity index (χ1v) is 17.6. The molecule has 3 aliphatic rings. The second kappa shape index (κ2) is 11.2. The van der Waals surface area contributed by atoms with Crippen LogP contribution in [0.1, 0.15) is 65.8 Å². The minimum absolute atomic E-state index is 0.364. The van der Waals surface area contributed by atoms with Crippen LogP contribution >= 0.6 is 0 Å². The average molecular weight is 630 g/mol. The maximum atomic E-state index is 5.16. The summed E-state index contributed by atoms with van der Waals surface area (Å²) in [5.74, 6) is 2.74. The van der Waals surface area contributed by atoms with Crippen LogP contribution in [0.4, 0.5) is 0 Å². The third-order valence-electron chi connectivity index (χ3n) is 11.2. The molecule has 1 aromatic heterocycles. The topological polar surface area (TPSA) is 38.7 Å². The number of aromatic nitrogens is 3. The molecule has 7 aromatic rings. The zero-order valence-electron chi connectivity index (χ0n) is 27.3. The van der Waals surface area contributed by atoms with Gasteiger partial charge in [0.2, 0.25) is 0 Å². The lowest BCUT2D eigenvalue weighted by Gasteiger charge is -2.30. The van der Waals surface area contributed by atoms with Crippen LogP contribution in [0.2, 0.25) is 0 Å². The Balaban J connectivity index is 1.14. The number of rotatable bonds is 4. The van der Waals surface area contributed by atoms with Crippen LogP contribution < -0.4 is 0 Å². The highest BCUT2D eigenvalue weighted by molar-refractivity contribution is 5.95. The maximum Gasteiger partial charge on any atom is 0.164 e. The Kier molecular flexibility index (Phi) is 6.48. The second-order valence-electron chi connectivity index (χ2n) is 13.8. The summed E-state index contributed by atoms with van der Waals surface area (Å²) in [5.41, 5.74) is 14.5. The van der Waals surface area contributed by atoms with E-state index < -0.39 is 0 Å². The van der Waals surface area contributed by atoms with E-state index in [-0.39, 0.29) is 5.41 Å². The van der Waals surface area contributed by atoms with E-state index in [1.54, 1.807) is 0 Å². The van der Waals surface area contributed by atoms with E-state index >= 15 is 0 Å². The molecule has 234 valence electrons. The van der Waals surface area contributed by atoms with Crippen LogP contribution in [0.3, 0.4) is 0 Å². The fraction of sp³-hybridized carbons (Fsp3) is 0.152. The molecule has 10 rings (SSSR count). The molecule has 0 saturated heterocycles. The first-order valence-electron chi connectivity index (χ1n) is 17.6. The average Bonchev–Trinajstić information content (AvgIpc) is 3.65. The number of hydrogen-bond donors (Lipinski definition) is 0. The Bertz CT molecular complexity index is 2320. The van der Waals surface area contributed by atoms with Crippen LogP contribution in [-0.4, -0.2) is 15.0 Å². The Morgan fingerprint density at radius 3 is 1.43 bits per heavy atom. The minimum atomic E-state index is -0.364. The summed E-state index contributed by atoms with van der Waals surface area (Å²) in [6.45, 7) is 0. The molecule has 0 aliphatic heterocycles. The monoisotopic (exact) mass is 629 g/mol. The van der Waals surface area contributed by atoms with Gasteiger partial charge in [0, 0.05) is 16.7 Å². The van der Waals surface area contributed by atoms with E-state index in [4.69, 9.17) is 15.0 Å². The van der Waals surface area contributed by atoms with Gasteiger partial charge in [-0.25, -0.2) is 15.0 Å². The molecule has 49 heavy (non-hydrogen) atoms. The van der Waals surface area contributed by atoms with Crippen LogP contribution in [0, 0.1) is 0 Å². The predicted molar refractivity (Wildman–Crippen MR) is 198 cm³/mol. The number of nitrogens with zero attached hydrogens (tertiary/aromatic N) is 3. The van der Waals surface area contributed by atoms with Crippen LogP contribution in [0.25, 0.3) is 56.4 Å². The lowest BCUT2D eigenvalue weighted by Crippen LogP contribution is -2.25. The molecule has 3 nitrogen and oxygen atoms in total. The van der Waals surface area contributed by atoms with Crippen molar-refractivity contribution in [1.82, 2.24) is 15.0 Å². The van der Waals surface area contributed by atoms with Crippen LogP contribution in [0.15, 0.2) is 146 Å². The predicted octanol–water partition coefficient (Wildman–Crippen LogP) is 11.3. The third kappa shape index (κ3) is 4.31. The molecular weight excluding hydrogens is 595 g/mol. The Labute approximate surface area is 287 Å². The molecule has 3 aliphatic carbocycles. The lowest BCUT2D eigenvalue weighted by molar-refractivity contribution is 0.443. The van der Waals surface area contributed by atoms with Gasteiger partial charge in [-0.05, 0) is 74.9 Å². The highest BCUT2D eigenvalue weighted by Crippen LogP contribution is 2.62. The molecule has 0 radical (unpaired) electrons. The molecular formula is C46H35N3. The molecule has 0 amide bonds. The summed E-state index contributed by atoms with van der Waals surface area (Å²) < 4.78 is 0. The molecule has 6 aromatic carbocycles. The van der Waals surface area contributed by atoms with Crippen molar-refractivity contribution in [3.8, 4) is 56.4 Å². The van der Waals surface area contributed by atoms with Crippen molar-refractivity contribution in [2.75, 3.05) is 0 Å². The smallest absolute Gasteiger partial charge is 0.164 e. The van der Waals surface area contributed by atoms with E-state index in [1.165, 1.54) is 82.2 Å². The summed E-state index contributed by atoms with van der Waals surface area (Å²) in [7, 11) is 0. The van der Waals surface area contributed by atoms with Gasteiger partial charge in [-0.15, -0.1) is 0 Å². The first kappa shape index (κ1) is 28.4. The van der Waals surface area contributed by atoms with Gasteiger partial charge in [-0.2, -0.15) is 0 Å². The van der Waals surface area contributed by atoms with Gasteiger partial charge in [-0.3, -0.25) is 0 Å². The van der Waals surface area contributed by atoms with Crippen molar-refractivity contribution < 1.29 is 0 Å². The van der Waals surface area contributed by atoms with Crippen molar-refractivity contribution in [2.24, 2.45) is 0 Å². The Hall–Kier alpha value is -5.67. The van der Waals surface area contributed by atoms with Gasteiger partial charge in [0.25, 0.3) is 0 Å². The number of benzene rings is 6. The molecule has 1 fully saturated rings. The van der Waals surface area contributed by atoms with Crippen molar-refractivity contribution in [1.29, 1.82) is 0 Å². The van der Waals surface area contributed by atoms with Gasteiger partial charge in [-0.1, -0.05) is 159 Å². The van der Waals surface area contributed by atoms with Crippen molar-refractivity contribution in [3.05, 3.63) is 173 Å². The quantitative estimate of drug-likeness (QED) is 0.194. The summed E-state index contributed by atoms with van der Waals surface area (Å²) in [6, 6.07) is 52.9. The molecule has 0 atom stereocenters. The molecule has 3 heteroatoms. The molecule has 1 heterocycles. The largest absolute Gasteiger partial charge is 0.208 e. The lowest BCUT2D eigenvalue weighted by atomic mass is 9.70. The highest BCUT2D eigenvalue weighted by atomic mass is 15.0. The normalized spacial score (nSPS) is 15.4. The van der Waals surface area contributed by atoms with E-state index in [1.807, 2.05) is 18.2 Å². The van der Waals surface area contributed by atoms with E-state index in [0.29, 0.717) is 23.4 Å². The summed E-state index contributed by atoms with van der Waals surface area (Å²) in [5, 5.41) is 0. The fourth-order valence-electron chi connectivity index (χ4n) is 8.93. The van der Waals surface area contributed by atoms with Crippen molar-refractivity contribution in [2.45, 2.75) is 43.4 Å². The number of fused-ring (bicyclic) bond motifs is 10. The molecule has 0 bridgehead atoms. The Morgan fingerprint density at radius 1 is 0.388 bits per heavy atom. The number of hydrogen-bond acceptors (Lipinski definition) is 3. The van der Waals surface area contributed by atoms with E-state index in [9.17, 15) is 0 Å². The highest BCUT2D eigenvalue weighted by Gasteiger charge is 2.51. The third-order valence-corrected chi connectivity index (χ3v) is 11.2. The van der Waals surface area contributed by atoms with Crippen LogP contribution in [0.5, 0.6) is 0 Å². The summed E-state index contributed by atoms with van der Waals surface area (Å²) >= 11 is 0. The maximum absolute atomic E-state index is 5.16. The van der Waals surface area contributed by atoms with Gasteiger partial charge >= 0.3 is 0 Å². The zero-order chi connectivity index (χ0) is 32.4. The molecule has 0 N–H and O–H groups in total. The van der Waals surface area contributed by atoms with Gasteiger partial charge in [0.05, 0.1) is 5.41 Å². The summed E-state index contributed by atoms with van der Waals surface area (Å²) in [6.07, 6.45) is 6.59. The first-order chi connectivity index (χ1) is 24.3. The van der Waals surface area contributed by atoms with E-state index in [2.05, 4.69) is 127 Å².